The standard InChI is InChI=1S/C19H24N4O5S2/c1-13(2)16(18(25)22-19-20-6-11-29-19)21-17(24)14-4-3-5-15(12-14)30(26,27)23-7-9-28-10-8-23/h3-6,11-13,16H,7-10H2,1-2H3,(H,21,24)(H,20,22,25)/t16-/m1/s1. The number of ether oxygens (including phenoxy) is 1. The van der Waals surface area contributed by atoms with Crippen molar-refractivity contribution in [3.8, 4) is 0 Å². The number of nitrogens with zero attached hydrogens (tertiary/aromatic N) is 2. The molecule has 0 unspecified atom stereocenters. The van der Waals surface area contributed by atoms with Crippen LogP contribution < -0.4 is 10.6 Å². The number of rotatable bonds is 7. The third-order valence-corrected chi connectivity index (χ3v) is 7.19. The molecule has 2 aromatic rings. The molecule has 1 aliphatic rings. The van der Waals surface area contributed by atoms with Gasteiger partial charge in [0, 0.05) is 30.2 Å². The highest BCUT2D eigenvalue weighted by Gasteiger charge is 2.28. The van der Waals surface area contributed by atoms with Crippen LogP contribution in [0.5, 0.6) is 0 Å². The van der Waals surface area contributed by atoms with Gasteiger partial charge in [-0.2, -0.15) is 4.31 Å². The van der Waals surface area contributed by atoms with Crippen LogP contribution >= 0.6 is 11.3 Å². The Morgan fingerprint density at radius 1 is 1.23 bits per heavy atom. The van der Waals surface area contributed by atoms with Gasteiger partial charge in [-0.1, -0.05) is 19.9 Å². The van der Waals surface area contributed by atoms with Crippen LogP contribution in [0.25, 0.3) is 0 Å². The number of aromatic nitrogens is 1. The third-order valence-electron chi connectivity index (χ3n) is 4.60. The summed E-state index contributed by atoms with van der Waals surface area (Å²) in [5, 5.41) is 7.56. The number of carbonyl (C=O) groups is 2. The molecular formula is C19H24N4O5S2. The predicted molar refractivity (Wildman–Crippen MR) is 113 cm³/mol. The Labute approximate surface area is 179 Å². The van der Waals surface area contributed by atoms with E-state index in [0.717, 1.165) is 0 Å². The summed E-state index contributed by atoms with van der Waals surface area (Å²) < 4.78 is 32.2. The molecule has 1 fully saturated rings. The van der Waals surface area contributed by atoms with Gasteiger partial charge in [-0.25, -0.2) is 13.4 Å². The highest BCUT2D eigenvalue weighted by atomic mass is 32.2. The molecular weight excluding hydrogens is 428 g/mol. The van der Waals surface area contributed by atoms with Crippen molar-refractivity contribution in [3.63, 3.8) is 0 Å². The van der Waals surface area contributed by atoms with Gasteiger partial charge in [-0.3, -0.25) is 9.59 Å². The van der Waals surface area contributed by atoms with E-state index in [4.69, 9.17) is 4.74 Å². The molecule has 30 heavy (non-hydrogen) atoms. The molecule has 9 nitrogen and oxygen atoms in total. The van der Waals surface area contributed by atoms with Crippen LogP contribution in [0.2, 0.25) is 0 Å². The maximum atomic E-state index is 12.8. The van der Waals surface area contributed by atoms with Gasteiger partial charge in [0.05, 0.1) is 18.1 Å². The minimum Gasteiger partial charge on any atom is -0.379 e. The summed E-state index contributed by atoms with van der Waals surface area (Å²) in [5.74, 6) is -1.10. The number of amides is 2. The molecule has 2 N–H and O–H groups in total. The second-order valence-corrected chi connectivity index (χ2v) is 9.90. The number of benzene rings is 1. The maximum absolute atomic E-state index is 12.8. The lowest BCUT2D eigenvalue weighted by Gasteiger charge is -2.26. The second-order valence-electron chi connectivity index (χ2n) is 7.07. The van der Waals surface area contributed by atoms with Gasteiger partial charge in [0.15, 0.2) is 5.13 Å². The number of anilines is 1. The third kappa shape index (κ3) is 5.22. The Hall–Kier alpha value is -2.34. The number of thiazole rings is 1. The number of hydrogen-bond donors (Lipinski definition) is 2. The largest absolute Gasteiger partial charge is 0.379 e. The van der Waals surface area contributed by atoms with Gasteiger partial charge >= 0.3 is 0 Å². The van der Waals surface area contributed by atoms with E-state index in [-0.39, 0.29) is 35.4 Å². The van der Waals surface area contributed by atoms with Crippen LogP contribution in [-0.2, 0) is 19.6 Å². The fourth-order valence-corrected chi connectivity index (χ4v) is 4.95. The van der Waals surface area contributed by atoms with Crippen molar-refractivity contribution < 1.29 is 22.7 Å². The number of morpholine rings is 1. The van der Waals surface area contributed by atoms with Gasteiger partial charge in [-0.05, 0) is 24.1 Å². The first kappa shape index (κ1) is 22.3. The summed E-state index contributed by atoms with van der Waals surface area (Å²) in [6, 6.07) is 5.01. The summed E-state index contributed by atoms with van der Waals surface area (Å²) in [5.41, 5.74) is 0.164. The van der Waals surface area contributed by atoms with Gasteiger partial charge in [-0.15, -0.1) is 11.3 Å². The van der Waals surface area contributed by atoms with E-state index >= 15 is 0 Å². The highest BCUT2D eigenvalue weighted by molar-refractivity contribution is 7.89. The molecule has 0 saturated carbocycles. The molecule has 3 rings (SSSR count). The molecule has 162 valence electrons. The molecule has 1 aromatic heterocycles. The second kappa shape index (κ2) is 9.65. The topological polar surface area (TPSA) is 118 Å². The predicted octanol–water partition coefficient (Wildman–Crippen LogP) is 1.56. The fourth-order valence-electron chi connectivity index (χ4n) is 2.96. The zero-order chi connectivity index (χ0) is 21.7. The lowest BCUT2D eigenvalue weighted by atomic mass is 10.0. The van der Waals surface area contributed by atoms with Crippen LogP contribution in [-0.4, -0.2) is 61.9 Å². The van der Waals surface area contributed by atoms with Crippen molar-refractivity contribution in [3.05, 3.63) is 41.4 Å². The first-order valence-corrected chi connectivity index (χ1v) is 11.8. The Morgan fingerprint density at radius 3 is 2.60 bits per heavy atom. The number of nitrogens with one attached hydrogen (secondary N) is 2. The molecule has 2 amide bonds. The van der Waals surface area contributed by atoms with Crippen molar-refractivity contribution in [2.24, 2.45) is 5.92 Å². The van der Waals surface area contributed by atoms with E-state index < -0.39 is 22.0 Å². The molecule has 1 atom stereocenters. The Bertz CT molecular complexity index is 986. The highest BCUT2D eigenvalue weighted by Crippen LogP contribution is 2.19. The average molecular weight is 453 g/mol. The van der Waals surface area contributed by atoms with Crippen LogP contribution in [0, 0.1) is 5.92 Å². The summed E-state index contributed by atoms with van der Waals surface area (Å²) in [6.45, 7) is 4.83. The lowest BCUT2D eigenvalue weighted by Crippen LogP contribution is -2.47. The van der Waals surface area contributed by atoms with Crippen molar-refractivity contribution in [2.75, 3.05) is 31.6 Å². The van der Waals surface area contributed by atoms with Crippen molar-refractivity contribution >= 4 is 38.3 Å². The van der Waals surface area contributed by atoms with E-state index in [1.54, 1.807) is 11.6 Å². The normalized spacial score (nSPS) is 16.2. The Kier molecular flexibility index (Phi) is 7.19. The van der Waals surface area contributed by atoms with Crippen molar-refractivity contribution in [1.29, 1.82) is 0 Å². The molecule has 2 heterocycles. The van der Waals surface area contributed by atoms with Gasteiger partial charge in [0.25, 0.3) is 5.91 Å². The van der Waals surface area contributed by atoms with E-state index in [1.807, 2.05) is 13.8 Å². The summed E-state index contributed by atoms with van der Waals surface area (Å²) >= 11 is 1.28. The SMILES string of the molecule is CC(C)[C@@H](NC(=O)c1cccc(S(=O)(=O)N2CCOCC2)c1)C(=O)Nc1nccs1. The molecule has 1 aromatic carbocycles. The van der Waals surface area contributed by atoms with E-state index in [1.165, 1.54) is 39.9 Å². The van der Waals surface area contributed by atoms with E-state index in [0.29, 0.717) is 18.3 Å². The van der Waals surface area contributed by atoms with E-state index in [2.05, 4.69) is 15.6 Å². The summed E-state index contributed by atoms with van der Waals surface area (Å²) in [6.07, 6.45) is 1.57. The fraction of sp³-hybridized carbons (Fsp3) is 0.421. The minimum atomic E-state index is -3.73. The van der Waals surface area contributed by atoms with E-state index in [9.17, 15) is 18.0 Å². The zero-order valence-corrected chi connectivity index (χ0v) is 18.3. The van der Waals surface area contributed by atoms with Crippen molar-refractivity contribution in [2.45, 2.75) is 24.8 Å². The summed E-state index contributed by atoms with van der Waals surface area (Å²) in [4.78, 5) is 29.4. The average Bonchev–Trinajstić information content (AvgIpc) is 3.25. The molecule has 1 saturated heterocycles. The molecule has 0 bridgehead atoms. The monoisotopic (exact) mass is 452 g/mol. The van der Waals surface area contributed by atoms with Crippen molar-refractivity contribution in [1.82, 2.24) is 14.6 Å². The van der Waals surface area contributed by atoms with Crippen LogP contribution in [0.1, 0.15) is 24.2 Å². The first-order valence-electron chi connectivity index (χ1n) is 9.48. The number of hydrogen-bond acceptors (Lipinski definition) is 7. The van der Waals surface area contributed by atoms with Crippen LogP contribution in [0.3, 0.4) is 0 Å². The molecule has 11 heteroatoms. The van der Waals surface area contributed by atoms with Gasteiger partial charge in [0.1, 0.15) is 6.04 Å². The Balaban J connectivity index is 1.75. The molecule has 0 aliphatic carbocycles. The zero-order valence-electron chi connectivity index (χ0n) is 16.7. The molecule has 1 aliphatic heterocycles. The molecule has 0 radical (unpaired) electrons. The smallest absolute Gasteiger partial charge is 0.251 e. The molecule has 0 spiro atoms. The van der Waals surface area contributed by atoms with Crippen LogP contribution in [0.15, 0.2) is 40.7 Å². The number of sulfonamides is 1. The first-order chi connectivity index (χ1) is 14.3. The van der Waals surface area contributed by atoms with Gasteiger partial charge < -0.3 is 15.4 Å². The van der Waals surface area contributed by atoms with Gasteiger partial charge in [0.2, 0.25) is 15.9 Å². The number of carbonyl (C=O) groups excluding carboxylic acids is 2. The minimum absolute atomic E-state index is 0.0328. The quantitative estimate of drug-likeness (QED) is 0.658. The van der Waals surface area contributed by atoms with Crippen LogP contribution in [0.4, 0.5) is 5.13 Å². The summed E-state index contributed by atoms with van der Waals surface area (Å²) in [7, 11) is -3.73. The maximum Gasteiger partial charge on any atom is 0.251 e. The Morgan fingerprint density at radius 2 is 1.97 bits per heavy atom. The lowest BCUT2D eigenvalue weighted by molar-refractivity contribution is -0.118.